The molecule has 0 unspecified atom stereocenters. The molecule has 0 N–H and O–H groups in total. The highest BCUT2D eigenvalue weighted by Gasteiger charge is 2.30. The lowest BCUT2D eigenvalue weighted by Crippen LogP contribution is -2.05. The molecular formula is C7H5F3NO. The smallest absolute Gasteiger partial charge is 0.258 e. The maximum atomic E-state index is 11.9. The third-order valence-corrected chi connectivity index (χ3v) is 1.30. The van der Waals surface area contributed by atoms with Gasteiger partial charge in [-0.1, -0.05) is 0 Å². The number of halogens is 3. The van der Waals surface area contributed by atoms with Gasteiger partial charge < -0.3 is 0 Å². The Bertz CT molecular complexity index is 254. The zero-order chi connectivity index (χ0) is 9.19. The van der Waals surface area contributed by atoms with Crippen LogP contribution in [0.4, 0.5) is 13.2 Å². The topological polar surface area (TPSA) is 32.8 Å². The van der Waals surface area contributed by atoms with Crippen LogP contribution in [0, 0.1) is 0 Å². The monoisotopic (exact) mass is 176 g/mol. The van der Waals surface area contributed by atoms with Crippen LogP contribution in [0.15, 0.2) is 18.3 Å². The first-order valence-electron chi connectivity index (χ1n) is 3.14. The fourth-order valence-corrected chi connectivity index (χ4v) is 0.678. The van der Waals surface area contributed by atoms with E-state index in [1.54, 1.807) is 0 Å². The van der Waals surface area contributed by atoms with Crippen molar-refractivity contribution in [2.24, 2.45) is 0 Å². The number of aromatic nitrogens is 1. The summed E-state index contributed by atoms with van der Waals surface area (Å²) in [7, 11) is 0. The van der Waals surface area contributed by atoms with Crippen LogP contribution in [0.25, 0.3) is 0 Å². The van der Waals surface area contributed by atoms with E-state index in [2.05, 4.69) is 4.98 Å². The van der Waals surface area contributed by atoms with E-state index in [0.717, 1.165) is 12.1 Å². The van der Waals surface area contributed by atoms with E-state index >= 15 is 0 Å². The Morgan fingerprint density at radius 1 is 1.33 bits per heavy atom. The minimum Gasteiger partial charge on any atom is -0.258 e. The molecule has 1 aromatic rings. The lowest BCUT2D eigenvalue weighted by Gasteiger charge is -2.04. The van der Waals surface area contributed by atoms with Crippen LogP contribution < -0.4 is 0 Å². The van der Waals surface area contributed by atoms with Crippen LogP contribution in [0.5, 0.6) is 0 Å². The number of rotatable bonds is 1. The highest BCUT2D eigenvalue weighted by atomic mass is 19.4. The van der Waals surface area contributed by atoms with Gasteiger partial charge in [0.25, 0.3) is 0 Å². The molecule has 1 radical (unpaired) electrons. The van der Waals surface area contributed by atoms with E-state index in [9.17, 15) is 18.3 Å². The Kier molecular flexibility index (Phi) is 2.32. The Hall–Kier alpha value is -1.10. The first-order valence-corrected chi connectivity index (χ1v) is 3.14. The average Bonchev–Trinajstić information content (AvgIpc) is 2.03. The molecule has 0 saturated carbocycles. The zero-order valence-corrected chi connectivity index (χ0v) is 5.93. The lowest BCUT2D eigenvalue weighted by atomic mass is 10.2. The van der Waals surface area contributed by atoms with Gasteiger partial charge in [0.05, 0.1) is 11.3 Å². The Morgan fingerprint density at radius 2 is 2.00 bits per heavy atom. The third kappa shape index (κ3) is 1.94. The van der Waals surface area contributed by atoms with Gasteiger partial charge in [0, 0.05) is 6.20 Å². The second-order valence-corrected chi connectivity index (χ2v) is 2.18. The zero-order valence-electron chi connectivity index (χ0n) is 5.93. The van der Waals surface area contributed by atoms with E-state index < -0.39 is 18.3 Å². The van der Waals surface area contributed by atoms with Gasteiger partial charge in [-0.15, -0.1) is 0 Å². The standard InChI is InChI=1S/C7H5F3NO/c8-7(9,10)5-1-2-6(4-12)11-3-5/h1-3H,4H2. The fourth-order valence-electron chi connectivity index (χ4n) is 0.678. The Morgan fingerprint density at radius 3 is 2.33 bits per heavy atom. The van der Waals surface area contributed by atoms with Gasteiger partial charge >= 0.3 is 6.18 Å². The molecule has 0 aliphatic heterocycles. The number of hydrogen-bond donors (Lipinski definition) is 0. The summed E-state index contributed by atoms with van der Waals surface area (Å²) in [5.41, 5.74) is -0.720. The van der Waals surface area contributed by atoms with Gasteiger partial charge in [-0.05, 0) is 12.1 Å². The number of nitrogens with zero attached hydrogens (tertiary/aromatic N) is 1. The minimum absolute atomic E-state index is 0.114. The number of alkyl halides is 3. The number of pyridine rings is 1. The van der Waals surface area contributed by atoms with Crippen molar-refractivity contribution in [3.8, 4) is 0 Å². The third-order valence-electron chi connectivity index (χ3n) is 1.30. The van der Waals surface area contributed by atoms with Gasteiger partial charge in [-0.2, -0.15) is 13.2 Å². The first kappa shape index (κ1) is 8.99. The van der Waals surface area contributed by atoms with Crippen molar-refractivity contribution < 1.29 is 18.3 Å². The molecule has 0 amide bonds. The Balaban J connectivity index is 2.93. The first-order chi connectivity index (χ1) is 5.54. The molecule has 0 spiro atoms. The van der Waals surface area contributed by atoms with E-state index in [1.807, 2.05) is 0 Å². The lowest BCUT2D eigenvalue weighted by molar-refractivity contribution is -0.137. The van der Waals surface area contributed by atoms with Crippen LogP contribution in [-0.2, 0) is 17.9 Å². The molecular weight excluding hydrogens is 171 g/mol. The van der Waals surface area contributed by atoms with Gasteiger partial charge in [0.1, 0.15) is 6.61 Å². The molecule has 0 aromatic carbocycles. The summed E-state index contributed by atoms with van der Waals surface area (Å²) >= 11 is 0. The largest absolute Gasteiger partial charge is 0.417 e. The van der Waals surface area contributed by atoms with E-state index in [0.29, 0.717) is 6.20 Å². The molecule has 1 aromatic heterocycles. The van der Waals surface area contributed by atoms with Crippen LogP contribution >= 0.6 is 0 Å². The van der Waals surface area contributed by atoms with E-state index in [4.69, 9.17) is 0 Å². The van der Waals surface area contributed by atoms with Crippen molar-refractivity contribution in [3.63, 3.8) is 0 Å². The predicted molar refractivity (Wildman–Crippen MR) is 33.6 cm³/mol. The van der Waals surface area contributed by atoms with Crippen LogP contribution in [0.1, 0.15) is 11.3 Å². The van der Waals surface area contributed by atoms with Crippen molar-refractivity contribution >= 4 is 0 Å². The van der Waals surface area contributed by atoms with Crippen molar-refractivity contribution in [1.29, 1.82) is 0 Å². The summed E-state index contributed by atoms with van der Waals surface area (Å²) < 4.78 is 35.7. The molecule has 65 valence electrons. The maximum Gasteiger partial charge on any atom is 0.417 e. The summed E-state index contributed by atoms with van der Waals surface area (Å²) in [6.07, 6.45) is -3.72. The highest BCUT2D eigenvalue weighted by Crippen LogP contribution is 2.28. The van der Waals surface area contributed by atoms with Crippen LogP contribution in [0.2, 0.25) is 0 Å². The molecule has 0 atom stereocenters. The van der Waals surface area contributed by atoms with Crippen molar-refractivity contribution in [2.75, 3.05) is 0 Å². The molecule has 0 saturated heterocycles. The molecule has 2 nitrogen and oxygen atoms in total. The molecule has 1 rings (SSSR count). The van der Waals surface area contributed by atoms with E-state index in [1.165, 1.54) is 0 Å². The summed E-state index contributed by atoms with van der Waals surface area (Å²) in [5, 5.41) is 10.1. The van der Waals surface area contributed by atoms with Crippen molar-refractivity contribution in [2.45, 2.75) is 12.8 Å². The van der Waals surface area contributed by atoms with Gasteiger partial charge in [0.2, 0.25) is 0 Å². The summed E-state index contributed by atoms with van der Waals surface area (Å²) in [5.74, 6) is 0. The quantitative estimate of drug-likeness (QED) is 0.644. The van der Waals surface area contributed by atoms with Crippen LogP contribution in [0.3, 0.4) is 0 Å². The van der Waals surface area contributed by atoms with Gasteiger partial charge in [0.15, 0.2) is 0 Å². The number of hydrogen-bond acceptors (Lipinski definition) is 1. The van der Waals surface area contributed by atoms with Gasteiger partial charge in [-0.3, -0.25) is 4.98 Å². The molecule has 0 fully saturated rings. The molecule has 5 heteroatoms. The predicted octanol–water partition coefficient (Wildman–Crippen LogP) is 2.03. The highest BCUT2D eigenvalue weighted by molar-refractivity contribution is 5.16. The average molecular weight is 176 g/mol. The summed E-state index contributed by atoms with van der Waals surface area (Å²) in [4.78, 5) is 3.33. The molecule has 0 bridgehead atoms. The molecule has 12 heavy (non-hydrogen) atoms. The normalized spacial score (nSPS) is 11.7. The molecule has 0 aliphatic rings. The van der Waals surface area contributed by atoms with Crippen molar-refractivity contribution in [3.05, 3.63) is 29.6 Å². The fraction of sp³-hybridized carbons (Fsp3) is 0.286. The van der Waals surface area contributed by atoms with Gasteiger partial charge in [-0.25, -0.2) is 5.11 Å². The summed E-state index contributed by atoms with van der Waals surface area (Å²) in [6, 6.07) is 1.93. The van der Waals surface area contributed by atoms with Crippen LogP contribution in [-0.4, -0.2) is 4.98 Å². The minimum atomic E-state index is -4.38. The molecule has 1 heterocycles. The summed E-state index contributed by atoms with van der Waals surface area (Å²) in [6.45, 7) is -0.599. The maximum absolute atomic E-state index is 11.9. The Labute approximate surface area is 66.7 Å². The SMILES string of the molecule is [O]Cc1ccc(C(F)(F)F)cn1. The van der Waals surface area contributed by atoms with Crippen molar-refractivity contribution in [1.82, 2.24) is 4.98 Å². The second-order valence-electron chi connectivity index (χ2n) is 2.18. The molecule has 0 aliphatic carbocycles. The second kappa shape index (κ2) is 3.10. The van der Waals surface area contributed by atoms with E-state index in [-0.39, 0.29) is 5.69 Å².